The third kappa shape index (κ3) is 5.56. The molecule has 4 nitrogen and oxygen atoms in total. The van der Waals surface area contributed by atoms with Gasteiger partial charge in [0, 0.05) is 22.5 Å². The van der Waals surface area contributed by atoms with Crippen LogP contribution in [0.15, 0.2) is 42.5 Å². The Balaban J connectivity index is 0.000000209. The number of halogens is 1. The van der Waals surface area contributed by atoms with Crippen LogP contribution >= 0.6 is 22.9 Å². The van der Waals surface area contributed by atoms with Gasteiger partial charge < -0.3 is 5.43 Å². The fourth-order valence-electron chi connectivity index (χ4n) is 2.71. The number of thiophene rings is 1. The minimum Gasteiger partial charge on any atom is -0.322 e. The Bertz CT molecular complexity index is 987. The molecule has 0 fully saturated rings. The van der Waals surface area contributed by atoms with Crippen molar-refractivity contribution >= 4 is 44.5 Å². The summed E-state index contributed by atoms with van der Waals surface area (Å²) >= 11 is 7.33. The Morgan fingerprint density at radius 2 is 1.89 bits per heavy atom. The van der Waals surface area contributed by atoms with Crippen LogP contribution in [0.2, 0.25) is 5.02 Å². The summed E-state index contributed by atoms with van der Waals surface area (Å²) in [5, 5.41) is 10.2. The molecule has 0 bridgehead atoms. The zero-order valence-corrected chi connectivity index (χ0v) is 18.0. The van der Waals surface area contributed by atoms with Crippen molar-refractivity contribution in [3.05, 3.63) is 63.5 Å². The minimum atomic E-state index is -0.114. The van der Waals surface area contributed by atoms with E-state index in [9.17, 15) is 4.79 Å². The van der Waals surface area contributed by atoms with Crippen molar-refractivity contribution in [2.45, 2.75) is 33.1 Å². The first-order chi connectivity index (χ1) is 13.4. The molecule has 2 N–H and O–H groups in total. The van der Waals surface area contributed by atoms with Crippen LogP contribution in [0.3, 0.4) is 0 Å². The topological polar surface area (TPSA) is 64.9 Å². The smallest absolute Gasteiger partial charge is 0.187 e. The van der Waals surface area contributed by atoms with Gasteiger partial charge in [-0.25, -0.2) is 5.43 Å². The van der Waals surface area contributed by atoms with Crippen LogP contribution in [-0.2, 0) is 0 Å². The Morgan fingerprint density at radius 1 is 1.21 bits per heavy atom. The number of nitrogens with one attached hydrogen (secondary N) is 2. The quantitative estimate of drug-likeness (QED) is 0.379. The maximum Gasteiger partial charge on any atom is 0.187 e. The van der Waals surface area contributed by atoms with Crippen LogP contribution in [0.4, 0.5) is 5.69 Å². The third-order valence-corrected chi connectivity index (χ3v) is 5.79. The van der Waals surface area contributed by atoms with Gasteiger partial charge in [-0.15, -0.1) is 11.3 Å². The lowest BCUT2D eigenvalue weighted by Crippen LogP contribution is -2.14. The Hall–Kier alpha value is -2.39. The lowest BCUT2D eigenvalue weighted by Gasteiger charge is -2.07. The van der Waals surface area contributed by atoms with E-state index in [1.54, 1.807) is 6.07 Å². The third-order valence-electron chi connectivity index (χ3n) is 4.24. The molecule has 1 heterocycles. The van der Waals surface area contributed by atoms with Crippen LogP contribution in [0.1, 0.15) is 47.0 Å². The van der Waals surface area contributed by atoms with E-state index in [0.29, 0.717) is 15.8 Å². The molecule has 0 aliphatic heterocycles. The van der Waals surface area contributed by atoms with Gasteiger partial charge in [-0.3, -0.25) is 4.79 Å². The van der Waals surface area contributed by atoms with Gasteiger partial charge in [0.2, 0.25) is 0 Å². The van der Waals surface area contributed by atoms with Gasteiger partial charge in [-0.05, 0) is 59.7 Å². The van der Waals surface area contributed by atoms with Crippen molar-refractivity contribution in [2.75, 3.05) is 12.5 Å². The highest BCUT2D eigenvalue weighted by molar-refractivity contribution is 7.21. The molecule has 6 heteroatoms. The van der Waals surface area contributed by atoms with Gasteiger partial charge in [0.1, 0.15) is 0 Å². The fourth-order valence-corrected chi connectivity index (χ4v) is 4.01. The average Bonchev–Trinajstić information content (AvgIpc) is 2.99. The second-order valence-corrected chi connectivity index (χ2v) is 8.10. The number of hydrogen-bond donors (Lipinski definition) is 2. The molecule has 0 saturated carbocycles. The summed E-state index contributed by atoms with van der Waals surface area (Å²) in [6, 6.07) is 15.9. The monoisotopic (exact) mass is 413 g/mol. The summed E-state index contributed by atoms with van der Waals surface area (Å²) in [6.45, 7) is 6.28. The summed E-state index contributed by atoms with van der Waals surface area (Å²) in [4.78, 5) is 12.3. The number of hydrazine groups is 1. The van der Waals surface area contributed by atoms with Gasteiger partial charge in [-0.1, -0.05) is 37.6 Å². The van der Waals surface area contributed by atoms with Crippen LogP contribution < -0.4 is 10.9 Å². The molecule has 0 radical (unpaired) electrons. The van der Waals surface area contributed by atoms with Gasteiger partial charge >= 0.3 is 0 Å². The number of ketones is 1. The number of hydrogen-bond acceptors (Lipinski definition) is 5. The number of rotatable bonds is 5. The van der Waals surface area contributed by atoms with Crippen LogP contribution in [0, 0.1) is 18.3 Å². The van der Waals surface area contributed by atoms with E-state index >= 15 is 0 Å². The Labute approximate surface area is 175 Å². The van der Waals surface area contributed by atoms with E-state index in [0.717, 1.165) is 21.3 Å². The predicted octanol–water partition coefficient (Wildman–Crippen LogP) is 6.32. The fraction of sp³-hybridized carbons (Fsp3) is 0.273. The highest BCUT2D eigenvalue weighted by Gasteiger charge is 2.15. The molecule has 146 valence electrons. The number of anilines is 1. The molecule has 2 aromatic carbocycles. The molecule has 0 atom stereocenters. The van der Waals surface area contributed by atoms with E-state index in [1.807, 2.05) is 32.2 Å². The number of fused-ring (bicyclic) bond motifs is 1. The molecule has 0 unspecified atom stereocenters. The molecule has 0 amide bonds. The summed E-state index contributed by atoms with van der Waals surface area (Å²) in [7, 11) is 1.86. The van der Waals surface area contributed by atoms with Crippen molar-refractivity contribution in [3.8, 4) is 6.07 Å². The summed E-state index contributed by atoms with van der Waals surface area (Å²) in [6.07, 6.45) is -0.0681. The lowest BCUT2D eigenvalue weighted by molar-refractivity contribution is 0.100. The number of Topliss-reactive ketones (excluding diaryl/α,β-unsaturated/α-hetero) is 1. The minimum absolute atomic E-state index is 0.0681. The molecule has 0 spiro atoms. The van der Waals surface area contributed by atoms with E-state index in [1.165, 1.54) is 16.9 Å². The van der Waals surface area contributed by atoms with Crippen molar-refractivity contribution in [2.24, 2.45) is 0 Å². The molecule has 0 aliphatic carbocycles. The van der Waals surface area contributed by atoms with Crippen LogP contribution in [0.5, 0.6) is 0 Å². The molecular weight excluding hydrogens is 390 g/mol. The largest absolute Gasteiger partial charge is 0.322 e. The maximum absolute atomic E-state index is 11.7. The number of aryl methyl sites for hydroxylation is 1. The Kier molecular flexibility index (Phi) is 8.01. The Morgan fingerprint density at radius 3 is 2.46 bits per heavy atom. The summed E-state index contributed by atoms with van der Waals surface area (Å²) < 4.78 is 1.03. The van der Waals surface area contributed by atoms with E-state index in [4.69, 9.17) is 16.9 Å². The number of carbonyl (C=O) groups excluding carboxylic acids is 1. The van der Waals surface area contributed by atoms with Gasteiger partial charge in [0.25, 0.3) is 0 Å². The van der Waals surface area contributed by atoms with Gasteiger partial charge in [-0.2, -0.15) is 5.26 Å². The molecule has 1 aromatic heterocycles. The highest BCUT2D eigenvalue weighted by Crippen LogP contribution is 2.33. The first-order valence-corrected chi connectivity index (χ1v) is 10.2. The van der Waals surface area contributed by atoms with Crippen molar-refractivity contribution in [1.29, 1.82) is 5.26 Å². The van der Waals surface area contributed by atoms with E-state index in [-0.39, 0.29) is 12.2 Å². The maximum atomic E-state index is 11.7. The van der Waals surface area contributed by atoms with Gasteiger partial charge in [0.15, 0.2) is 5.78 Å². The zero-order valence-electron chi connectivity index (χ0n) is 16.5. The van der Waals surface area contributed by atoms with Gasteiger partial charge in [0.05, 0.1) is 17.4 Å². The number of nitriles is 1. The molecule has 0 saturated heterocycles. The zero-order chi connectivity index (χ0) is 20.7. The standard InChI is InChI=1S/C12H8ClNOS.C10H16N2/c1-7-9-6-8(13)2-3-11(9)16-12(7)10(15)4-5-14;1-8(2)9-4-6-10(7-5-9)12-11-3/h2-3,6H,4H2,1H3;4-8,11-12H,1-3H3. The number of carbonyl (C=O) groups is 1. The van der Waals surface area contributed by atoms with Crippen molar-refractivity contribution in [1.82, 2.24) is 5.43 Å². The molecule has 3 rings (SSSR count). The molecule has 28 heavy (non-hydrogen) atoms. The predicted molar refractivity (Wildman–Crippen MR) is 119 cm³/mol. The summed E-state index contributed by atoms with van der Waals surface area (Å²) in [5.74, 6) is 0.492. The molecule has 3 aromatic rings. The second kappa shape index (κ2) is 10.2. The first-order valence-electron chi connectivity index (χ1n) is 8.98. The average molecular weight is 414 g/mol. The van der Waals surface area contributed by atoms with Crippen molar-refractivity contribution < 1.29 is 4.79 Å². The normalized spacial score (nSPS) is 10.3. The lowest BCUT2D eigenvalue weighted by atomic mass is 10.0. The van der Waals surface area contributed by atoms with Crippen LogP contribution in [-0.4, -0.2) is 12.8 Å². The molecule has 0 aliphatic rings. The van der Waals surface area contributed by atoms with Crippen LogP contribution in [0.25, 0.3) is 10.1 Å². The summed E-state index contributed by atoms with van der Waals surface area (Å²) in [5.41, 5.74) is 9.30. The SMILES string of the molecule is CNNc1ccc(C(C)C)cc1.Cc1c(C(=O)CC#N)sc2ccc(Cl)cc12. The second-order valence-electron chi connectivity index (χ2n) is 6.61. The van der Waals surface area contributed by atoms with Crippen molar-refractivity contribution in [3.63, 3.8) is 0 Å². The number of benzene rings is 2. The van der Waals surface area contributed by atoms with E-state index in [2.05, 4.69) is 49.0 Å². The highest BCUT2D eigenvalue weighted by atomic mass is 35.5. The molecular formula is C22H24ClN3OS. The first kappa shape index (κ1) is 21.9. The van der Waals surface area contributed by atoms with E-state index < -0.39 is 0 Å². The number of nitrogens with zero attached hydrogens (tertiary/aromatic N) is 1.